The van der Waals surface area contributed by atoms with Gasteiger partial charge in [0.15, 0.2) is 0 Å². The van der Waals surface area contributed by atoms with Gasteiger partial charge in [0.25, 0.3) is 0 Å². The molecule has 1 rings (SSSR count). The summed E-state index contributed by atoms with van der Waals surface area (Å²) in [7, 11) is 0. The van der Waals surface area contributed by atoms with Gasteiger partial charge in [0, 0.05) is 18.1 Å². The molecule has 1 nitrogen and oxygen atoms in total. The Morgan fingerprint density at radius 3 is 2.38 bits per heavy atom. The summed E-state index contributed by atoms with van der Waals surface area (Å²) in [5, 5.41) is 0. The van der Waals surface area contributed by atoms with Crippen LogP contribution < -0.4 is 0 Å². The van der Waals surface area contributed by atoms with Gasteiger partial charge in [0.1, 0.15) is 0 Å². The fraction of sp³-hybridized carbons (Fsp3) is 0.167. The Labute approximate surface area is 79.7 Å². The average molecular weight is 173 g/mol. The maximum atomic E-state index is 3.72. The summed E-state index contributed by atoms with van der Waals surface area (Å²) in [4.78, 5) is 0. The van der Waals surface area contributed by atoms with Gasteiger partial charge in [-0.1, -0.05) is 18.7 Å². The Bertz CT molecular complexity index is 326. The van der Waals surface area contributed by atoms with Crippen LogP contribution in [0.1, 0.15) is 13.8 Å². The number of aromatic nitrogens is 1. The summed E-state index contributed by atoms with van der Waals surface area (Å²) in [6, 6.07) is 4.03. The van der Waals surface area contributed by atoms with Crippen LogP contribution in [0.5, 0.6) is 0 Å². The second kappa shape index (κ2) is 4.51. The van der Waals surface area contributed by atoms with Crippen LogP contribution in [0.4, 0.5) is 0 Å². The van der Waals surface area contributed by atoms with Crippen molar-refractivity contribution in [3.63, 3.8) is 0 Å². The Hall–Kier alpha value is -1.50. The highest BCUT2D eigenvalue weighted by atomic mass is 14.9. The van der Waals surface area contributed by atoms with Crippen LogP contribution in [0.2, 0.25) is 0 Å². The second-order valence-corrected chi connectivity index (χ2v) is 2.90. The van der Waals surface area contributed by atoms with E-state index in [2.05, 4.69) is 23.3 Å². The molecule has 0 spiro atoms. The van der Waals surface area contributed by atoms with E-state index in [0.29, 0.717) is 0 Å². The van der Waals surface area contributed by atoms with E-state index < -0.39 is 0 Å². The quantitative estimate of drug-likeness (QED) is 0.617. The number of hydrogen-bond acceptors (Lipinski definition) is 0. The van der Waals surface area contributed by atoms with Gasteiger partial charge in [-0.15, -0.1) is 0 Å². The predicted molar refractivity (Wildman–Crippen MR) is 58.3 cm³/mol. The molecule has 0 N–H and O–H groups in total. The van der Waals surface area contributed by atoms with Crippen molar-refractivity contribution in [1.29, 1.82) is 0 Å². The fourth-order valence-corrected chi connectivity index (χ4v) is 1.11. The van der Waals surface area contributed by atoms with Gasteiger partial charge in [0.2, 0.25) is 0 Å². The van der Waals surface area contributed by atoms with Crippen molar-refractivity contribution in [3.05, 3.63) is 54.9 Å². The highest BCUT2D eigenvalue weighted by Gasteiger charge is 1.92. The summed E-state index contributed by atoms with van der Waals surface area (Å²) < 4.78 is 2.08. The van der Waals surface area contributed by atoms with Gasteiger partial charge in [-0.3, -0.25) is 0 Å². The maximum absolute atomic E-state index is 3.72. The van der Waals surface area contributed by atoms with Crippen LogP contribution in [-0.2, 0) is 0 Å². The number of allylic oxidation sites excluding steroid dienone is 5. The van der Waals surface area contributed by atoms with Gasteiger partial charge in [0.05, 0.1) is 0 Å². The minimum Gasteiger partial charge on any atom is -0.324 e. The monoisotopic (exact) mass is 173 g/mol. The maximum Gasteiger partial charge on any atom is 0.0409 e. The van der Waals surface area contributed by atoms with E-state index in [1.54, 1.807) is 0 Å². The van der Waals surface area contributed by atoms with Crippen LogP contribution >= 0.6 is 0 Å². The molecule has 0 aliphatic carbocycles. The van der Waals surface area contributed by atoms with Crippen molar-refractivity contribution in [2.24, 2.45) is 0 Å². The van der Waals surface area contributed by atoms with E-state index in [9.17, 15) is 0 Å². The highest BCUT2D eigenvalue weighted by molar-refractivity contribution is 5.58. The Kier molecular flexibility index (Phi) is 3.32. The number of nitrogens with zero attached hydrogens (tertiary/aromatic N) is 1. The molecule has 1 aromatic heterocycles. The van der Waals surface area contributed by atoms with Crippen molar-refractivity contribution in [1.82, 2.24) is 4.57 Å². The fourth-order valence-electron chi connectivity index (χ4n) is 1.11. The zero-order valence-corrected chi connectivity index (χ0v) is 8.20. The normalized spacial score (nSPS) is 13.1. The van der Waals surface area contributed by atoms with Crippen molar-refractivity contribution in [2.45, 2.75) is 13.8 Å². The number of hydrogen-bond donors (Lipinski definition) is 0. The molecule has 0 fully saturated rings. The number of rotatable bonds is 3. The molecular formula is C12H15N. The lowest BCUT2D eigenvalue weighted by Gasteiger charge is -2.03. The lowest BCUT2D eigenvalue weighted by Crippen LogP contribution is -1.89. The molecule has 1 heterocycles. The van der Waals surface area contributed by atoms with E-state index in [1.165, 1.54) is 11.3 Å². The van der Waals surface area contributed by atoms with E-state index in [0.717, 1.165) is 0 Å². The molecule has 1 aromatic rings. The van der Waals surface area contributed by atoms with Crippen LogP contribution in [0.25, 0.3) is 5.70 Å². The van der Waals surface area contributed by atoms with E-state index >= 15 is 0 Å². The van der Waals surface area contributed by atoms with Gasteiger partial charge in [-0.05, 0) is 37.6 Å². The standard InChI is InChI=1S/C12H15N/c1-4-11(3)10-12(5-2)13-8-6-7-9-13/h4-10H,1H2,2-3H3/b11-10-,12-5+. The van der Waals surface area contributed by atoms with Crippen LogP contribution in [-0.4, -0.2) is 4.57 Å². The molecule has 0 aromatic carbocycles. The summed E-state index contributed by atoms with van der Waals surface area (Å²) in [6.07, 6.45) is 10.1. The van der Waals surface area contributed by atoms with E-state index in [-0.39, 0.29) is 0 Å². The molecule has 0 saturated carbocycles. The molecule has 0 aliphatic heterocycles. The summed E-state index contributed by atoms with van der Waals surface area (Å²) in [5.41, 5.74) is 2.34. The SMILES string of the molecule is C=C/C(C)=C\C(=C/C)n1cccc1. The lowest BCUT2D eigenvalue weighted by atomic mass is 10.2. The van der Waals surface area contributed by atoms with Crippen molar-refractivity contribution < 1.29 is 0 Å². The van der Waals surface area contributed by atoms with Gasteiger partial charge < -0.3 is 4.57 Å². The van der Waals surface area contributed by atoms with E-state index in [1.807, 2.05) is 44.4 Å². The first-order chi connectivity index (χ1) is 6.27. The zero-order chi connectivity index (χ0) is 9.68. The first-order valence-electron chi connectivity index (χ1n) is 4.38. The van der Waals surface area contributed by atoms with Crippen LogP contribution in [0.15, 0.2) is 54.9 Å². The molecule has 0 amide bonds. The molecule has 0 radical (unpaired) electrons. The third-order valence-electron chi connectivity index (χ3n) is 1.90. The third-order valence-corrected chi connectivity index (χ3v) is 1.90. The van der Waals surface area contributed by atoms with Crippen molar-refractivity contribution in [3.8, 4) is 0 Å². The molecule has 13 heavy (non-hydrogen) atoms. The lowest BCUT2D eigenvalue weighted by molar-refractivity contribution is 1.12. The molecule has 0 atom stereocenters. The molecule has 68 valence electrons. The minimum atomic E-state index is 1.17. The summed E-state index contributed by atoms with van der Waals surface area (Å²) >= 11 is 0. The van der Waals surface area contributed by atoms with Gasteiger partial charge in [-0.2, -0.15) is 0 Å². The smallest absolute Gasteiger partial charge is 0.0409 e. The Balaban J connectivity index is 2.95. The van der Waals surface area contributed by atoms with Crippen LogP contribution in [0.3, 0.4) is 0 Å². The van der Waals surface area contributed by atoms with Crippen molar-refractivity contribution in [2.75, 3.05) is 0 Å². The highest BCUT2D eigenvalue weighted by Crippen LogP contribution is 2.09. The molecule has 0 aliphatic rings. The van der Waals surface area contributed by atoms with E-state index in [4.69, 9.17) is 0 Å². The van der Waals surface area contributed by atoms with Crippen LogP contribution in [0, 0.1) is 0 Å². The summed E-state index contributed by atoms with van der Waals surface area (Å²) in [6.45, 7) is 7.80. The Morgan fingerprint density at radius 2 is 1.92 bits per heavy atom. The Morgan fingerprint density at radius 1 is 1.31 bits per heavy atom. The zero-order valence-electron chi connectivity index (χ0n) is 8.20. The molecular weight excluding hydrogens is 158 g/mol. The molecule has 0 saturated heterocycles. The van der Waals surface area contributed by atoms with Crippen molar-refractivity contribution >= 4 is 5.70 Å². The topological polar surface area (TPSA) is 4.93 Å². The first kappa shape index (κ1) is 9.59. The summed E-state index contributed by atoms with van der Waals surface area (Å²) in [5.74, 6) is 0. The largest absolute Gasteiger partial charge is 0.324 e. The van der Waals surface area contributed by atoms with Gasteiger partial charge >= 0.3 is 0 Å². The molecule has 1 heteroatoms. The molecule has 0 unspecified atom stereocenters. The first-order valence-corrected chi connectivity index (χ1v) is 4.38. The average Bonchev–Trinajstić information content (AvgIpc) is 2.66. The minimum absolute atomic E-state index is 1.17. The molecule has 0 bridgehead atoms. The predicted octanol–water partition coefficient (Wildman–Crippen LogP) is 3.48. The second-order valence-electron chi connectivity index (χ2n) is 2.90. The third kappa shape index (κ3) is 2.48. The van der Waals surface area contributed by atoms with Gasteiger partial charge in [-0.25, -0.2) is 0 Å².